The van der Waals surface area contributed by atoms with Crippen molar-refractivity contribution >= 4 is 28.8 Å². The molecule has 3 aromatic rings. The second kappa shape index (κ2) is 6.91. The van der Waals surface area contributed by atoms with Crippen LogP contribution in [0.5, 0.6) is 0 Å². The molecular formula is C18H13FN2S. The van der Waals surface area contributed by atoms with Gasteiger partial charge in [0, 0.05) is 17.2 Å². The molecule has 0 aliphatic carbocycles. The van der Waals surface area contributed by atoms with E-state index in [-0.39, 0.29) is 5.82 Å². The molecule has 0 saturated carbocycles. The van der Waals surface area contributed by atoms with Crippen molar-refractivity contribution in [1.82, 2.24) is 4.98 Å². The summed E-state index contributed by atoms with van der Waals surface area (Å²) in [5, 5.41) is 2.60. The summed E-state index contributed by atoms with van der Waals surface area (Å²) in [6, 6.07) is 16.3. The van der Waals surface area contributed by atoms with Crippen molar-refractivity contribution in [3.05, 3.63) is 77.4 Å². The maximum absolute atomic E-state index is 12.9. The Morgan fingerprint density at radius 3 is 2.55 bits per heavy atom. The molecule has 108 valence electrons. The zero-order valence-corrected chi connectivity index (χ0v) is 12.5. The molecule has 0 saturated heterocycles. The predicted molar refractivity (Wildman–Crippen MR) is 91.1 cm³/mol. The summed E-state index contributed by atoms with van der Waals surface area (Å²) in [6.07, 6.45) is 5.59. The number of aliphatic imine (C=N–C) groups is 1. The van der Waals surface area contributed by atoms with E-state index >= 15 is 0 Å². The fraction of sp³-hybridized carbons (Fsp3) is 0. The number of aromatic nitrogens is 1. The van der Waals surface area contributed by atoms with Crippen LogP contribution < -0.4 is 0 Å². The van der Waals surface area contributed by atoms with Crippen LogP contribution in [0.2, 0.25) is 0 Å². The van der Waals surface area contributed by atoms with Gasteiger partial charge < -0.3 is 0 Å². The second-order valence-electron chi connectivity index (χ2n) is 4.57. The molecule has 1 heterocycles. The normalized spacial score (nSPS) is 11.5. The molecule has 1 aromatic heterocycles. The lowest BCUT2D eigenvalue weighted by Crippen LogP contribution is -1.78. The van der Waals surface area contributed by atoms with E-state index in [1.165, 1.54) is 23.5 Å². The number of allylic oxidation sites excluding steroid dienone is 1. The van der Waals surface area contributed by atoms with Crippen molar-refractivity contribution in [2.24, 2.45) is 4.99 Å². The molecule has 22 heavy (non-hydrogen) atoms. The number of benzene rings is 2. The molecule has 0 fully saturated rings. The summed E-state index contributed by atoms with van der Waals surface area (Å²) in [6.45, 7) is 0. The summed E-state index contributed by atoms with van der Waals surface area (Å²) in [5.74, 6) is -0.247. The Morgan fingerprint density at radius 1 is 1.00 bits per heavy atom. The molecule has 0 unspecified atom stereocenters. The van der Waals surface area contributed by atoms with Gasteiger partial charge >= 0.3 is 0 Å². The average molecular weight is 308 g/mol. The van der Waals surface area contributed by atoms with Crippen molar-refractivity contribution in [2.75, 3.05) is 0 Å². The van der Waals surface area contributed by atoms with Gasteiger partial charge in [-0.2, -0.15) is 0 Å². The lowest BCUT2D eigenvalue weighted by Gasteiger charge is -1.94. The number of hydrogen-bond donors (Lipinski definition) is 0. The lowest BCUT2D eigenvalue weighted by molar-refractivity contribution is 0.628. The summed E-state index contributed by atoms with van der Waals surface area (Å²) in [5.41, 5.74) is 2.82. The highest BCUT2D eigenvalue weighted by atomic mass is 32.1. The van der Waals surface area contributed by atoms with E-state index in [9.17, 15) is 4.39 Å². The molecule has 0 bridgehead atoms. The second-order valence-corrected chi connectivity index (χ2v) is 5.41. The predicted octanol–water partition coefficient (Wildman–Crippen LogP) is 5.36. The monoisotopic (exact) mass is 308 g/mol. The van der Waals surface area contributed by atoms with Gasteiger partial charge in [0.2, 0.25) is 5.13 Å². The van der Waals surface area contributed by atoms with Crippen molar-refractivity contribution in [3.8, 4) is 11.3 Å². The van der Waals surface area contributed by atoms with Crippen molar-refractivity contribution < 1.29 is 4.39 Å². The largest absolute Gasteiger partial charge is 0.228 e. The zero-order valence-electron chi connectivity index (χ0n) is 11.7. The smallest absolute Gasteiger partial charge is 0.209 e. The Kier molecular flexibility index (Phi) is 4.51. The van der Waals surface area contributed by atoms with E-state index in [1.807, 2.05) is 47.9 Å². The first-order valence-electron chi connectivity index (χ1n) is 6.78. The topological polar surface area (TPSA) is 25.2 Å². The highest BCUT2D eigenvalue weighted by molar-refractivity contribution is 7.13. The third-order valence-corrected chi connectivity index (χ3v) is 3.74. The molecule has 0 N–H and O–H groups in total. The zero-order chi connectivity index (χ0) is 15.2. The molecule has 4 heteroatoms. The van der Waals surface area contributed by atoms with Gasteiger partial charge in [0.05, 0.1) is 5.69 Å². The Bertz CT molecular complexity index is 789. The van der Waals surface area contributed by atoms with Crippen LogP contribution in [0.15, 0.2) is 71.0 Å². The standard InChI is InChI=1S/C18H13FN2S/c19-16-10-8-15(9-11-16)17-13-22-18(21-17)20-12-4-7-14-5-2-1-3-6-14/h1-13H. The molecule has 3 rings (SSSR count). The van der Waals surface area contributed by atoms with Crippen LogP contribution in [0.3, 0.4) is 0 Å². The maximum Gasteiger partial charge on any atom is 0.209 e. The molecular weight excluding hydrogens is 295 g/mol. The summed E-state index contributed by atoms with van der Waals surface area (Å²) >= 11 is 1.46. The van der Waals surface area contributed by atoms with Crippen LogP contribution in [-0.4, -0.2) is 11.2 Å². The molecule has 0 atom stereocenters. The first kappa shape index (κ1) is 14.4. The van der Waals surface area contributed by atoms with Crippen LogP contribution in [0.1, 0.15) is 5.56 Å². The van der Waals surface area contributed by atoms with Crippen molar-refractivity contribution in [2.45, 2.75) is 0 Å². The average Bonchev–Trinajstić information content (AvgIpc) is 3.02. The highest BCUT2D eigenvalue weighted by Gasteiger charge is 2.03. The van der Waals surface area contributed by atoms with E-state index < -0.39 is 0 Å². The van der Waals surface area contributed by atoms with Gasteiger partial charge in [0.1, 0.15) is 5.82 Å². The quantitative estimate of drug-likeness (QED) is 0.595. The van der Waals surface area contributed by atoms with Crippen molar-refractivity contribution in [3.63, 3.8) is 0 Å². The number of rotatable bonds is 4. The van der Waals surface area contributed by atoms with Gasteiger partial charge in [0.25, 0.3) is 0 Å². The lowest BCUT2D eigenvalue weighted by atomic mass is 10.2. The minimum absolute atomic E-state index is 0.247. The van der Waals surface area contributed by atoms with E-state index in [1.54, 1.807) is 18.3 Å². The summed E-state index contributed by atoms with van der Waals surface area (Å²) in [7, 11) is 0. The minimum Gasteiger partial charge on any atom is -0.228 e. The molecule has 0 aliphatic rings. The fourth-order valence-corrected chi connectivity index (χ4v) is 2.58. The maximum atomic E-state index is 12.9. The van der Waals surface area contributed by atoms with Gasteiger partial charge in [-0.1, -0.05) is 36.4 Å². The van der Waals surface area contributed by atoms with Gasteiger partial charge in [-0.3, -0.25) is 0 Å². The van der Waals surface area contributed by atoms with Crippen LogP contribution in [-0.2, 0) is 0 Å². The van der Waals surface area contributed by atoms with Crippen molar-refractivity contribution in [1.29, 1.82) is 0 Å². The van der Waals surface area contributed by atoms with E-state index in [2.05, 4.69) is 9.98 Å². The van der Waals surface area contributed by atoms with Crippen LogP contribution in [0.25, 0.3) is 17.3 Å². The third kappa shape index (κ3) is 3.74. The summed E-state index contributed by atoms with van der Waals surface area (Å²) < 4.78 is 12.9. The molecule has 2 nitrogen and oxygen atoms in total. The van der Waals surface area contributed by atoms with Gasteiger partial charge in [-0.25, -0.2) is 14.4 Å². The van der Waals surface area contributed by atoms with E-state index in [0.717, 1.165) is 16.8 Å². The number of nitrogens with zero attached hydrogens (tertiary/aromatic N) is 2. The molecule has 0 spiro atoms. The Morgan fingerprint density at radius 2 is 1.77 bits per heavy atom. The SMILES string of the molecule is Fc1ccc(-c2csc(N=CC=Cc3ccccc3)n2)cc1. The fourth-order valence-electron chi connectivity index (χ4n) is 1.90. The minimum atomic E-state index is -0.247. The molecule has 2 aromatic carbocycles. The Labute approximate surface area is 132 Å². The van der Waals surface area contributed by atoms with Gasteiger partial charge in [-0.15, -0.1) is 11.3 Å². The highest BCUT2D eigenvalue weighted by Crippen LogP contribution is 2.26. The van der Waals surface area contributed by atoms with E-state index in [0.29, 0.717) is 5.13 Å². The van der Waals surface area contributed by atoms with Gasteiger partial charge in [-0.05, 0) is 35.9 Å². The first-order valence-corrected chi connectivity index (χ1v) is 7.66. The number of halogens is 1. The van der Waals surface area contributed by atoms with Crippen LogP contribution in [0.4, 0.5) is 9.52 Å². The van der Waals surface area contributed by atoms with Gasteiger partial charge in [0.15, 0.2) is 0 Å². The Hall–Kier alpha value is -2.59. The van der Waals surface area contributed by atoms with E-state index in [4.69, 9.17) is 0 Å². The number of hydrogen-bond acceptors (Lipinski definition) is 3. The first-order chi connectivity index (χ1) is 10.8. The van der Waals surface area contributed by atoms with Crippen LogP contribution >= 0.6 is 11.3 Å². The third-order valence-electron chi connectivity index (χ3n) is 2.99. The molecule has 0 amide bonds. The summed E-state index contributed by atoms with van der Waals surface area (Å²) in [4.78, 5) is 8.73. The Balaban J connectivity index is 1.68. The van der Waals surface area contributed by atoms with Crippen LogP contribution in [0, 0.1) is 5.82 Å². The number of thiazole rings is 1. The molecule has 0 radical (unpaired) electrons. The molecule has 0 aliphatic heterocycles.